The number of carbonyl (C=O) groups excluding carboxylic acids is 2. The zero-order chi connectivity index (χ0) is 32.4. The van der Waals surface area contributed by atoms with Crippen LogP contribution < -0.4 is 4.90 Å². The second-order valence-corrected chi connectivity index (χ2v) is 12.6. The number of imide groups is 1. The molecule has 10 nitrogen and oxygen atoms in total. The molecule has 4 atom stereocenters. The molecule has 2 amide bonds. The number of nitro benzene ring substituents is 1. The van der Waals surface area contributed by atoms with Crippen molar-refractivity contribution < 1.29 is 29.8 Å². The maximum Gasteiger partial charge on any atom is 0.271 e. The molecule has 2 aliphatic rings. The fourth-order valence-corrected chi connectivity index (χ4v) is 6.93. The normalized spacial score (nSPS) is 21.0. The number of aliphatic hydroxyl groups is 2. The minimum Gasteiger partial charge on any atom is -0.507 e. The number of aromatic nitrogens is 1. The summed E-state index contributed by atoms with van der Waals surface area (Å²) in [7, 11) is 0. The van der Waals surface area contributed by atoms with Gasteiger partial charge in [0.15, 0.2) is 0 Å². The fraction of sp³-hybridized carbons (Fsp3) is 0.324. The molecule has 0 saturated carbocycles. The van der Waals surface area contributed by atoms with Crippen molar-refractivity contribution in [2.24, 2.45) is 23.7 Å². The monoisotopic (exact) mass is 675 g/mol. The number of allylic oxidation sites excluding steroid dienone is 2. The van der Waals surface area contributed by atoms with E-state index in [9.17, 15) is 35.0 Å². The maximum atomic E-state index is 13.8. The summed E-state index contributed by atoms with van der Waals surface area (Å²) >= 11 is 3.44. The van der Waals surface area contributed by atoms with Crippen molar-refractivity contribution in [3.63, 3.8) is 0 Å². The molecule has 1 aliphatic heterocycles. The number of carbonyl (C=O) groups is 2. The number of benzene rings is 2. The van der Waals surface area contributed by atoms with Crippen LogP contribution in [0.1, 0.15) is 44.4 Å². The molecule has 1 saturated heterocycles. The van der Waals surface area contributed by atoms with Crippen molar-refractivity contribution in [2.45, 2.75) is 39.2 Å². The Morgan fingerprint density at radius 1 is 1.13 bits per heavy atom. The number of nitro groups is 1. The molecule has 234 valence electrons. The second-order valence-electron chi connectivity index (χ2n) is 11.7. The van der Waals surface area contributed by atoms with Gasteiger partial charge in [-0.25, -0.2) is 4.90 Å². The van der Waals surface area contributed by atoms with Gasteiger partial charge in [-0.1, -0.05) is 47.5 Å². The van der Waals surface area contributed by atoms with Gasteiger partial charge >= 0.3 is 0 Å². The molecule has 11 heteroatoms. The Morgan fingerprint density at radius 2 is 1.91 bits per heavy atom. The molecule has 2 aromatic carbocycles. The number of pyridine rings is 1. The van der Waals surface area contributed by atoms with E-state index in [4.69, 9.17) is 0 Å². The fourth-order valence-electron chi connectivity index (χ4n) is 6.55. The minimum absolute atomic E-state index is 0.0798. The van der Waals surface area contributed by atoms with Crippen LogP contribution in [0.4, 0.5) is 11.4 Å². The van der Waals surface area contributed by atoms with Gasteiger partial charge in [-0.05, 0) is 78.8 Å². The average molecular weight is 677 g/mol. The van der Waals surface area contributed by atoms with Gasteiger partial charge < -0.3 is 15.3 Å². The minimum atomic E-state index is -1.04. The third-order valence-electron chi connectivity index (χ3n) is 8.67. The molecule has 1 fully saturated rings. The van der Waals surface area contributed by atoms with E-state index >= 15 is 0 Å². The van der Waals surface area contributed by atoms with Crippen molar-refractivity contribution in [2.75, 3.05) is 11.5 Å². The van der Waals surface area contributed by atoms with Gasteiger partial charge in [-0.3, -0.25) is 24.7 Å². The van der Waals surface area contributed by atoms with E-state index in [1.165, 1.54) is 24.3 Å². The number of nitrogens with zero attached hydrogens (tertiary/aromatic N) is 3. The molecular formula is C34H34BrN3O7. The molecule has 3 aromatic rings. The van der Waals surface area contributed by atoms with Crippen molar-refractivity contribution >= 4 is 50.8 Å². The second kappa shape index (κ2) is 13.4. The van der Waals surface area contributed by atoms with E-state index in [0.29, 0.717) is 23.3 Å². The van der Waals surface area contributed by atoms with E-state index in [1.807, 2.05) is 32.1 Å². The van der Waals surface area contributed by atoms with E-state index in [1.54, 1.807) is 30.5 Å². The molecule has 3 N–H and O–H groups in total. The number of fused-ring (bicyclic) bond motifs is 1. The highest BCUT2D eigenvalue weighted by atomic mass is 79.9. The Kier molecular flexibility index (Phi) is 9.62. The van der Waals surface area contributed by atoms with Gasteiger partial charge in [-0.2, -0.15) is 0 Å². The first kappa shape index (κ1) is 32.2. The Bertz CT molecular complexity index is 1690. The summed E-state index contributed by atoms with van der Waals surface area (Å²) < 4.78 is 0.788. The summed E-state index contributed by atoms with van der Waals surface area (Å²) in [6.07, 6.45) is 3.27. The quantitative estimate of drug-likeness (QED) is 0.104. The molecule has 2 heterocycles. The van der Waals surface area contributed by atoms with E-state index < -0.39 is 47.2 Å². The number of hydrogen-bond acceptors (Lipinski definition) is 8. The van der Waals surface area contributed by atoms with Gasteiger partial charge in [-0.15, -0.1) is 0 Å². The zero-order valence-corrected chi connectivity index (χ0v) is 26.4. The van der Waals surface area contributed by atoms with Crippen LogP contribution in [0.15, 0.2) is 82.5 Å². The number of aromatic hydroxyl groups is 1. The van der Waals surface area contributed by atoms with Gasteiger partial charge in [0.25, 0.3) is 5.69 Å². The van der Waals surface area contributed by atoms with Crippen LogP contribution in [0.3, 0.4) is 0 Å². The molecule has 0 radical (unpaired) electrons. The first-order valence-corrected chi connectivity index (χ1v) is 15.6. The molecule has 1 aliphatic carbocycles. The SMILES string of the molecule is CC(C)C1=C([C@H](O)CC/C(=C/c2cc(Br)ccc2O)c2ccccn2)[C@H](CO)[C@@H]2C(=O)N(c3cccc([N+](=O)[O-])c3)C(=O)[C@@H]2C1. The molecule has 45 heavy (non-hydrogen) atoms. The number of aliphatic hydroxyl groups excluding tert-OH is 2. The highest BCUT2D eigenvalue weighted by molar-refractivity contribution is 9.10. The lowest BCUT2D eigenvalue weighted by Gasteiger charge is -2.38. The summed E-state index contributed by atoms with van der Waals surface area (Å²) in [5.41, 5.74) is 3.26. The Balaban J connectivity index is 1.47. The third kappa shape index (κ3) is 6.47. The van der Waals surface area contributed by atoms with Crippen molar-refractivity contribution in [3.8, 4) is 5.75 Å². The van der Waals surface area contributed by atoms with Gasteiger partial charge in [0.05, 0.1) is 40.9 Å². The molecule has 0 spiro atoms. The average Bonchev–Trinajstić information content (AvgIpc) is 3.28. The van der Waals surface area contributed by atoms with Crippen LogP contribution in [0.25, 0.3) is 11.6 Å². The van der Waals surface area contributed by atoms with Crippen LogP contribution >= 0.6 is 15.9 Å². The number of rotatable bonds is 10. The number of hydrogen-bond donors (Lipinski definition) is 3. The number of non-ortho nitro benzene ring substituents is 1. The molecular weight excluding hydrogens is 642 g/mol. The van der Waals surface area contributed by atoms with E-state index in [0.717, 1.165) is 20.5 Å². The van der Waals surface area contributed by atoms with Gasteiger partial charge in [0, 0.05) is 34.3 Å². The van der Waals surface area contributed by atoms with Crippen LogP contribution in [0.2, 0.25) is 0 Å². The zero-order valence-electron chi connectivity index (χ0n) is 24.8. The highest BCUT2D eigenvalue weighted by Crippen LogP contribution is 2.49. The topological polar surface area (TPSA) is 154 Å². The van der Waals surface area contributed by atoms with E-state index in [-0.39, 0.29) is 35.9 Å². The summed E-state index contributed by atoms with van der Waals surface area (Å²) in [5.74, 6) is -3.49. The third-order valence-corrected chi connectivity index (χ3v) is 9.17. The smallest absolute Gasteiger partial charge is 0.271 e. The van der Waals surface area contributed by atoms with Crippen molar-refractivity contribution in [3.05, 3.63) is 104 Å². The van der Waals surface area contributed by atoms with Crippen LogP contribution in [-0.2, 0) is 9.59 Å². The maximum absolute atomic E-state index is 13.8. The Labute approximate surface area is 269 Å². The first-order chi connectivity index (χ1) is 21.5. The van der Waals surface area contributed by atoms with Crippen LogP contribution in [-0.4, -0.2) is 49.8 Å². The molecule has 1 aromatic heterocycles. The number of phenolic OH excluding ortho intramolecular Hbond substituents is 1. The number of halogens is 1. The lowest BCUT2D eigenvalue weighted by molar-refractivity contribution is -0.384. The van der Waals surface area contributed by atoms with Crippen LogP contribution in [0, 0.1) is 33.8 Å². The van der Waals surface area contributed by atoms with Crippen molar-refractivity contribution in [1.82, 2.24) is 4.98 Å². The summed E-state index contributed by atoms with van der Waals surface area (Å²) in [5, 5.41) is 44.3. The number of anilines is 1. The predicted molar refractivity (Wildman–Crippen MR) is 173 cm³/mol. The first-order valence-electron chi connectivity index (χ1n) is 14.8. The summed E-state index contributed by atoms with van der Waals surface area (Å²) in [4.78, 5) is 43.8. The number of amides is 2. The Hall–Kier alpha value is -4.19. The van der Waals surface area contributed by atoms with Crippen molar-refractivity contribution in [1.29, 1.82) is 0 Å². The lowest BCUT2D eigenvalue weighted by atomic mass is 9.66. The molecule has 5 rings (SSSR count). The number of phenols is 1. The van der Waals surface area contributed by atoms with Gasteiger partial charge in [0.1, 0.15) is 5.75 Å². The predicted octanol–water partition coefficient (Wildman–Crippen LogP) is 5.91. The van der Waals surface area contributed by atoms with E-state index in [2.05, 4.69) is 20.9 Å². The lowest BCUT2D eigenvalue weighted by Crippen LogP contribution is -2.39. The largest absolute Gasteiger partial charge is 0.507 e. The Morgan fingerprint density at radius 3 is 2.58 bits per heavy atom. The molecule has 0 unspecified atom stereocenters. The summed E-state index contributed by atoms with van der Waals surface area (Å²) in [6.45, 7) is 3.44. The molecule has 0 bridgehead atoms. The highest BCUT2D eigenvalue weighted by Gasteiger charge is 2.55. The standard InChI is InChI=1S/C34H34BrN3O7/c1-19(2)25-17-26-32(34(43)37(33(26)42)23-6-5-7-24(16-23)38(44)45)27(18-39)31(25)30(41)11-9-20(28-8-3-4-13-36-28)14-21-15-22(35)10-12-29(21)40/h3-8,10,12-16,19,26-27,30,32,39-41H,9,11,17-18H2,1-2H3/b20-14-/t26-,27+,30-,32-/m1/s1. The van der Waals surface area contributed by atoms with Crippen LogP contribution in [0.5, 0.6) is 5.75 Å². The van der Waals surface area contributed by atoms with Gasteiger partial charge in [0.2, 0.25) is 11.8 Å². The summed E-state index contributed by atoms with van der Waals surface area (Å²) in [6, 6.07) is 16.0.